The summed E-state index contributed by atoms with van der Waals surface area (Å²) in [6, 6.07) is 13.3. The number of thioether (sulfide) groups is 1. The summed E-state index contributed by atoms with van der Waals surface area (Å²) in [5.74, 6) is 1.84. The van der Waals surface area contributed by atoms with E-state index in [4.69, 9.17) is 4.74 Å². The number of methoxy groups -OCH3 is 1. The van der Waals surface area contributed by atoms with Crippen LogP contribution in [0, 0.1) is 5.82 Å². The highest BCUT2D eigenvalue weighted by atomic mass is 32.2. The van der Waals surface area contributed by atoms with Gasteiger partial charge in [-0.1, -0.05) is 12.1 Å². The zero-order chi connectivity index (χ0) is 18.1. The molecular formula is C19H16FN3O2S. The lowest BCUT2D eigenvalue weighted by Gasteiger charge is -2.12. The second kappa shape index (κ2) is 6.84. The molecule has 1 aromatic heterocycles. The van der Waals surface area contributed by atoms with Gasteiger partial charge in [0.25, 0.3) is 5.91 Å². The Bertz CT molecular complexity index is 969. The first-order valence-electron chi connectivity index (χ1n) is 8.06. The third-order valence-electron chi connectivity index (χ3n) is 4.22. The van der Waals surface area contributed by atoms with Crippen molar-refractivity contribution in [3.05, 3.63) is 71.2 Å². The molecule has 1 N–H and O–H groups in total. The SMILES string of the molecule is COc1ccc(-n2nc3c(c2NC(=O)c2ccccc2F)CSC3)cc1. The van der Waals surface area contributed by atoms with E-state index in [1.165, 1.54) is 12.1 Å². The molecule has 0 bridgehead atoms. The molecule has 132 valence electrons. The molecule has 2 aromatic carbocycles. The Morgan fingerprint density at radius 1 is 1.19 bits per heavy atom. The highest BCUT2D eigenvalue weighted by molar-refractivity contribution is 7.98. The summed E-state index contributed by atoms with van der Waals surface area (Å²) in [7, 11) is 1.61. The summed E-state index contributed by atoms with van der Waals surface area (Å²) >= 11 is 1.74. The number of carbonyl (C=O) groups excluding carboxylic acids is 1. The first-order chi connectivity index (χ1) is 12.7. The van der Waals surface area contributed by atoms with Gasteiger partial charge in [-0.2, -0.15) is 16.9 Å². The quantitative estimate of drug-likeness (QED) is 0.755. The molecule has 7 heteroatoms. The third-order valence-corrected chi connectivity index (χ3v) is 5.19. The van der Waals surface area contributed by atoms with Crippen LogP contribution < -0.4 is 10.1 Å². The summed E-state index contributed by atoms with van der Waals surface area (Å²) in [6.07, 6.45) is 0. The molecule has 3 aromatic rings. The standard InChI is InChI=1S/C19H16FN3O2S/c1-25-13-8-6-12(7-9-13)23-18(15-10-26-11-17(15)22-23)21-19(24)14-4-2-3-5-16(14)20/h2-9H,10-11H2,1H3,(H,21,24). The van der Waals surface area contributed by atoms with Crippen molar-refractivity contribution >= 4 is 23.5 Å². The van der Waals surface area contributed by atoms with Gasteiger partial charge >= 0.3 is 0 Å². The maximum atomic E-state index is 13.9. The Balaban J connectivity index is 1.73. The molecule has 0 spiro atoms. The van der Waals surface area contributed by atoms with Gasteiger partial charge in [-0.25, -0.2) is 9.07 Å². The zero-order valence-electron chi connectivity index (χ0n) is 14.0. The molecule has 5 nitrogen and oxygen atoms in total. The lowest BCUT2D eigenvalue weighted by Crippen LogP contribution is -2.17. The Labute approximate surface area is 154 Å². The van der Waals surface area contributed by atoms with Crippen LogP contribution in [0.15, 0.2) is 48.5 Å². The van der Waals surface area contributed by atoms with Crippen LogP contribution in [0.2, 0.25) is 0 Å². The van der Waals surface area contributed by atoms with Crippen molar-refractivity contribution in [3.8, 4) is 11.4 Å². The van der Waals surface area contributed by atoms with Crippen LogP contribution in [0.1, 0.15) is 21.6 Å². The van der Waals surface area contributed by atoms with Crippen molar-refractivity contribution in [2.24, 2.45) is 0 Å². The highest BCUT2D eigenvalue weighted by Crippen LogP contribution is 2.36. The van der Waals surface area contributed by atoms with E-state index in [1.807, 2.05) is 24.3 Å². The molecule has 0 saturated carbocycles. The number of nitrogens with zero attached hydrogens (tertiary/aromatic N) is 2. The molecule has 0 aliphatic carbocycles. The van der Waals surface area contributed by atoms with Crippen LogP contribution >= 0.6 is 11.8 Å². The number of hydrogen-bond donors (Lipinski definition) is 1. The minimum absolute atomic E-state index is 0.00869. The number of aromatic nitrogens is 2. The van der Waals surface area contributed by atoms with Crippen LogP contribution in [-0.4, -0.2) is 22.8 Å². The van der Waals surface area contributed by atoms with Gasteiger partial charge < -0.3 is 10.1 Å². The van der Waals surface area contributed by atoms with Crippen molar-refractivity contribution < 1.29 is 13.9 Å². The van der Waals surface area contributed by atoms with Crippen molar-refractivity contribution in [2.75, 3.05) is 12.4 Å². The highest BCUT2D eigenvalue weighted by Gasteiger charge is 2.25. The number of rotatable bonds is 4. The number of anilines is 1. The molecule has 26 heavy (non-hydrogen) atoms. The van der Waals surface area contributed by atoms with Gasteiger partial charge in [0, 0.05) is 17.1 Å². The number of nitrogens with one attached hydrogen (secondary N) is 1. The van der Waals surface area contributed by atoms with Crippen LogP contribution in [0.4, 0.5) is 10.2 Å². The fourth-order valence-electron chi connectivity index (χ4n) is 2.87. The van der Waals surface area contributed by atoms with Gasteiger partial charge in [0.1, 0.15) is 17.4 Å². The molecule has 0 radical (unpaired) electrons. The monoisotopic (exact) mass is 369 g/mol. The third kappa shape index (κ3) is 2.94. The van der Waals surface area contributed by atoms with Crippen molar-refractivity contribution in [1.29, 1.82) is 0 Å². The predicted octanol–water partition coefficient (Wildman–Crippen LogP) is 4.02. The molecular weight excluding hydrogens is 353 g/mol. The van der Waals surface area contributed by atoms with Crippen LogP contribution in [0.25, 0.3) is 5.69 Å². The van der Waals surface area contributed by atoms with E-state index in [0.717, 1.165) is 34.2 Å². The molecule has 0 atom stereocenters. The van der Waals surface area contributed by atoms with E-state index in [2.05, 4.69) is 10.4 Å². The number of ether oxygens (including phenoxy) is 1. The smallest absolute Gasteiger partial charge is 0.259 e. The van der Waals surface area contributed by atoms with E-state index < -0.39 is 11.7 Å². The summed E-state index contributed by atoms with van der Waals surface area (Å²) in [5.41, 5.74) is 2.73. The van der Waals surface area contributed by atoms with Gasteiger partial charge in [-0.05, 0) is 36.4 Å². The first kappa shape index (κ1) is 16.7. The fraction of sp³-hybridized carbons (Fsp3) is 0.158. The zero-order valence-corrected chi connectivity index (χ0v) is 14.8. The Morgan fingerprint density at radius 3 is 2.69 bits per heavy atom. The Morgan fingerprint density at radius 2 is 1.96 bits per heavy atom. The minimum atomic E-state index is -0.550. The first-order valence-corrected chi connectivity index (χ1v) is 9.21. The van der Waals surface area contributed by atoms with Crippen LogP contribution in [-0.2, 0) is 11.5 Å². The maximum absolute atomic E-state index is 13.9. The van der Waals surface area contributed by atoms with Gasteiger partial charge in [0.2, 0.25) is 0 Å². The fourth-order valence-corrected chi connectivity index (χ4v) is 3.91. The second-order valence-corrected chi connectivity index (χ2v) is 6.80. The number of amides is 1. The normalized spacial score (nSPS) is 12.7. The van der Waals surface area contributed by atoms with Crippen molar-refractivity contribution in [2.45, 2.75) is 11.5 Å². The molecule has 4 rings (SSSR count). The van der Waals surface area contributed by atoms with E-state index in [9.17, 15) is 9.18 Å². The van der Waals surface area contributed by atoms with Crippen LogP contribution in [0.3, 0.4) is 0 Å². The van der Waals surface area contributed by atoms with Crippen LogP contribution in [0.5, 0.6) is 5.75 Å². The molecule has 1 aliphatic heterocycles. The Hall–Kier alpha value is -2.80. The average Bonchev–Trinajstić information content (AvgIpc) is 3.25. The van der Waals surface area contributed by atoms with E-state index in [1.54, 1.807) is 35.7 Å². The number of carbonyl (C=O) groups is 1. The second-order valence-electron chi connectivity index (χ2n) is 5.81. The molecule has 1 aliphatic rings. The van der Waals surface area contributed by atoms with Gasteiger partial charge in [-0.15, -0.1) is 0 Å². The lowest BCUT2D eigenvalue weighted by atomic mass is 10.2. The topological polar surface area (TPSA) is 56.1 Å². The molecule has 0 saturated heterocycles. The van der Waals surface area contributed by atoms with Gasteiger partial charge in [0.05, 0.1) is 24.1 Å². The number of benzene rings is 2. The van der Waals surface area contributed by atoms with E-state index in [0.29, 0.717) is 5.82 Å². The minimum Gasteiger partial charge on any atom is -0.497 e. The lowest BCUT2D eigenvalue weighted by molar-refractivity contribution is 0.102. The van der Waals surface area contributed by atoms with Gasteiger partial charge in [-0.3, -0.25) is 4.79 Å². The molecule has 0 fully saturated rings. The predicted molar refractivity (Wildman–Crippen MR) is 99.5 cm³/mol. The van der Waals surface area contributed by atoms with Crippen molar-refractivity contribution in [1.82, 2.24) is 9.78 Å². The average molecular weight is 369 g/mol. The van der Waals surface area contributed by atoms with Crippen molar-refractivity contribution in [3.63, 3.8) is 0 Å². The van der Waals surface area contributed by atoms with E-state index in [-0.39, 0.29) is 5.56 Å². The summed E-state index contributed by atoms with van der Waals surface area (Å²) in [5, 5.41) is 7.48. The number of hydrogen-bond acceptors (Lipinski definition) is 4. The maximum Gasteiger partial charge on any atom is 0.259 e. The summed E-state index contributed by atoms with van der Waals surface area (Å²) in [4.78, 5) is 12.6. The number of fused-ring (bicyclic) bond motifs is 1. The molecule has 1 amide bonds. The molecule has 2 heterocycles. The summed E-state index contributed by atoms with van der Waals surface area (Å²) < 4.78 is 20.8. The van der Waals surface area contributed by atoms with E-state index >= 15 is 0 Å². The number of halogens is 1. The largest absolute Gasteiger partial charge is 0.497 e. The van der Waals surface area contributed by atoms with Gasteiger partial charge in [0.15, 0.2) is 0 Å². The summed E-state index contributed by atoms with van der Waals surface area (Å²) in [6.45, 7) is 0. The molecule has 0 unspecified atom stereocenters. The Kier molecular flexibility index (Phi) is 4.38.